The molecule has 110 valence electrons. The minimum absolute atomic E-state index is 0.108. The molecule has 1 aliphatic carbocycles. The van der Waals surface area contributed by atoms with E-state index >= 15 is 0 Å². The van der Waals surface area contributed by atoms with Crippen LogP contribution in [0.4, 0.5) is 4.79 Å². The Kier molecular flexibility index (Phi) is 3.83. The van der Waals surface area contributed by atoms with Crippen molar-refractivity contribution in [2.24, 2.45) is 16.7 Å². The van der Waals surface area contributed by atoms with Crippen molar-refractivity contribution >= 4 is 6.09 Å². The molecule has 1 aliphatic heterocycles. The summed E-state index contributed by atoms with van der Waals surface area (Å²) in [4.78, 5) is 12.8. The molecule has 2 rings (SSSR count). The van der Waals surface area contributed by atoms with Gasteiger partial charge < -0.3 is 15.1 Å². The lowest BCUT2D eigenvalue weighted by Gasteiger charge is -2.54. The number of aliphatic hydroxyl groups excluding tert-OH is 1. The van der Waals surface area contributed by atoms with Crippen LogP contribution in [0.1, 0.15) is 52.9 Å². The maximum atomic E-state index is 11.2. The van der Waals surface area contributed by atoms with Gasteiger partial charge in [0.1, 0.15) is 0 Å². The minimum atomic E-state index is -0.792. The molecule has 1 amide bonds. The Morgan fingerprint density at radius 3 is 2.26 bits per heavy atom. The van der Waals surface area contributed by atoms with E-state index in [-0.39, 0.29) is 16.9 Å². The summed E-state index contributed by atoms with van der Waals surface area (Å²) in [6.45, 7) is 7.95. The summed E-state index contributed by atoms with van der Waals surface area (Å²) in [7, 11) is 0. The molecular weight excluding hydrogens is 242 g/mol. The number of aliphatic hydroxyl groups is 1. The van der Waals surface area contributed by atoms with Gasteiger partial charge in [0.05, 0.1) is 6.10 Å². The van der Waals surface area contributed by atoms with Gasteiger partial charge in [0, 0.05) is 13.1 Å². The fourth-order valence-electron chi connectivity index (χ4n) is 4.18. The number of hydrogen-bond donors (Lipinski definition) is 2. The van der Waals surface area contributed by atoms with Crippen molar-refractivity contribution in [3.05, 3.63) is 0 Å². The molecule has 2 aliphatic rings. The molecular formula is C15H27NO3. The van der Waals surface area contributed by atoms with Crippen LogP contribution in [0, 0.1) is 16.7 Å². The SMILES string of the molecule is CC(C)(C)C1CN(C(=O)O)CCC12CCC(O)CC2. The monoisotopic (exact) mass is 269 g/mol. The number of carbonyl (C=O) groups is 1. The van der Waals surface area contributed by atoms with Gasteiger partial charge in [-0.15, -0.1) is 0 Å². The van der Waals surface area contributed by atoms with E-state index in [4.69, 9.17) is 0 Å². The number of hydrogen-bond acceptors (Lipinski definition) is 2. The number of amides is 1. The zero-order valence-corrected chi connectivity index (χ0v) is 12.4. The first-order valence-corrected chi connectivity index (χ1v) is 7.40. The van der Waals surface area contributed by atoms with Crippen LogP contribution in [0.25, 0.3) is 0 Å². The van der Waals surface area contributed by atoms with Crippen molar-refractivity contribution in [2.45, 2.75) is 59.0 Å². The number of nitrogens with zero attached hydrogens (tertiary/aromatic N) is 1. The highest BCUT2D eigenvalue weighted by Gasteiger charge is 2.49. The molecule has 0 aromatic carbocycles. The van der Waals surface area contributed by atoms with Gasteiger partial charge in [-0.05, 0) is 48.9 Å². The maximum absolute atomic E-state index is 11.2. The van der Waals surface area contributed by atoms with Crippen LogP contribution in [0.3, 0.4) is 0 Å². The average Bonchev–Trinajstić information content (AvgIpc) is 2.32. The van der Waals surface area contributed by atoms with E-state index in [1.807, 2.05) is 0 Å². The van der Waals surface area contributed by atoms with Gasteiger partial charge in [-0.25, -0.2) is 4.79 Å². The quantitative estimate of drug-likeness (QED) is 0.710. The Balaban J connectivity index is 2.20. The Hall–Kier alpha value is -0.770. The van der Waals surface area contributed by atoms with Crippen LogP contribution in [-0.2, 0) is 0 Å². The van der Waals surface area contributed by atoms with Gasteiger partial charge in [0.25, 0.3) is 0 Å². The largest absolute Gasteiger partial charge is 0.465 e. The summed E-state index contributed by atoms with van der Waals surface area (Å²) in [5.41, 5.74) is 0.347. The molecule has 2 fully saturated rings. The zero-order valence-electron chi connectivity index (χ0n) is 12.4. The maximum Gasteiger partial charge on any atom is 0.407 e. The highest BCUT2D eigenvalue weighted by atomic mass is 16.4. The molecule has 1 unspecified atom stereocenters. The highest BCUT2D eigenvalue weighted by Crippen LogP contribution is 2.53. The van der Waals surface area contributed by atoms with E-state index in [0.29, 0.717) is 19.0 Å². The van der Waals surface area contributed by atoms with E-state index in [9.17, 15) is 15.0 Å². The average molecular weight is 269 g/mol. The molecule has 1 atom stereocenters. The predicted molar refractivity (Wildman–Crippen MR) is 74.1 cm³/mol. The van der Waals surface area contributed by atoms with Crippen LogP contribution >= 0.6 is 0 Å². The van der Waals surface area contributed by atoms with Crippen LogP contribution in [0.5, 0.6) is 0 Å². The second kappa shape index (κ2) is 4.97. The first-order chi connectivity index (χ1) is 8.74. The summed E-state index contributed by atoms with van der Waals surface area (Å²) in [6.07, 6.45) is 3.85. The van der Waals surface area contributed by atoms with Gasteiger partial charge >= 0.3 is 6.09 Å². The van der Waals surface area contributed by atoms with Crippen LogP contribution < -0.4 is 0 Å². The molecule has 0 bridgehead atoms. The van der Waals surface area contributed by atoms with Crippen molar-refractivity contribution in [3.63, 3.8) is 0 Å². The van der Waals surface area contributed by atoms with Gasteiger partial charge in [-0.1, -0.05) is 20.8 Å². The van der Waals surface area contributed by atoms with Crippen LogP contribution in [-0.4, -0.2) is 40.4 Å². The van der Waals surface area contributed by atoms with Gasteiger partial charge in [-0.3, -0.25) is 0 Å². The highest BCUT2D eigenvalue weighted by molar-refractivity contribution is 5.65. The Morgan fingerprint density at radius 2 is 1.79 bits per heavy atom. The van der Waals surface area contributed by atoms with E-state index in [1.54, 1.807) is 4.90 Å². The molecule has 1 saturated carbocycles. The van der Waals surface area contributed by atoms with Gasteiger partial charge in [0.2, 0.25) is 0 Å². The molecule has 0 radical (unpaired) electrons. The van der Waals surface area contributed by atoms with Crippen molar-refractivity contribution in [1.82, 2.24) is 4.90 Å². The Labute approximate surface area is 115 Å². The van der Waals surface area contributed by atoms with Gasteiger partial charge in [-0.2, -0.15) is 0 Å². The number of piperidine rings is 1. The van der Waals surface area contributed by atoms with Crippen LogP contribution in [0.2, 0.25) is 0 Å². The lowest BCUT2D eigenvalue weighted by molar-refractivity contribution is -0.0652. The molecule has 0 aromatic rings. The zero-order chi connectivity index (χ0) is 14.3. The fourth-order valence-corrected chi connectivity index (χ4v) is 4.18. The molecule has 4 nitrogen and oxygen atoms in total. The third-order valence-corrected chi connectivity index (χ3v) is 5.29. The number of rotatable bonds is 0. The summed E-state index contributed by atoms with van der Waals surface area (Å²) in [5, 5.41) is 19.0. The third-order valence-electron chi connectivity index (χ3n) is 5.29. The van der Waals surface area contributed by atoms with E-state index in [1.165, 1.54) is 0 Å². The van der Waals surface area contributed by atoms with Crippen molar-refractivity contribution in [3.8, 4) is 0 Å². The van der Waals surface area contributed by atoms with Gasteiger partial charge in [0.15, 0.2) is 0 Å². The lowest BCUT2D eigenvalue weighted by Crippen LogP contribution is -2.54. The van der Waals surface area contributed by atoms with E-state index < -0.39 is 6.09 Å². The fraction of sp³-hybridized carbons (Fsp3) is 0.933. The molecule has 19 heavy (non-hydrogen) atoms. The van der Waals surface area contributed by atoms with Crippen molar-refractivity contribution in [1.29, 1.82) is 0 Å². The number of carboxylic acid groups (broad SMARTS) is 1. The standard InChI is InChI=1S/C15H27NO3/c1-14(2,3)12-10-16(13(18)19)9-8-15(12)6-4-11(17)5-7-15/h11-12,17H,4-10H2,1-3H3,(H,18,19). The second-order valence-corrected chi connectivity index (χ2v) is 7.49. The molecule has 2 N–H and O–H groups in total. The Morgan fingerprint density at radius 1 is 1.21 bits per heavy atom. The molecule has 0 aromatic heterocycles. The van der Waals surface area contributed by atoms with Crippen molar-refractivity contribution in [2.75, 3.05) is 13.1 Å². The molecule has 1 heterocycles. The summed E-state index contributed by atoms with van der Waals surface area (Å²) in [5.74, 6) is 0.386. The third kappa shape index (κ3) is 2.88. The predicted octanol–water partition coefficient (Wildman–Crippen LogP) is 2.95. The lowest BCUT2D eigenvalue weighted by atomic mass is 9.55. The van der Waals surface area contributed by atoms with E-state index in [0.717, 1.165) is 32.1 Å². The summed E-state index contributed by atoms with van der Waals surface area (Å²) < 4.78 is 0. The van der Waals surface area contributed by atoms with E-state index in [2.05, 4.69) is 20.8 Å². The topological polar surface area (TPSA) is 60.8 Å². The molecule has 1 spiro atoms. The summed E-state index contributed by atoms with van der Waals surface area (Å²) in [6, 6.07) is 0. The Bertz CT molecular complexity index is 340. The molecule has 1 saturated heterocycles. The minimum Gasteiger partial charge on any atom is -0.465 e. The second-order valence-electron chi connectivity index (χ2n) is 7.49. The smallest absolute Gasteiger partial charge is 0.407 e. The first kappa shape index (κ1) is 14.6. The normalized spacial score (nSPS) is 36.5. The van der Waals surface area contributed by atoms with Crippen molar-refractivity contribution < 1.29 is 15.0 Å². The first-order valence-electron chi connectivity index (χ1n) is 7.40. The number of likely N-dealkylation sites (tertiary alicyclic amines) is 1. The molecule has 4 heteroatoms. The van der Waals surface area contributed by atoms with Crippen LogP contribution in [0.15, 0.2) is 0 Å². The summed E-state index contributed by atoms with van der Waals surface area (Å²) >= 11 is 0.